The fourth-order valence-corrected chi connectivity index (χ4v) is 3.88. The monoisotopic (exact) mass is 423 g/mol. The minimum Gasteiger partial charge on any atom is -0.484 e. The lowest BCUT2D eigenvalue weighted by atomic mass is 9.88. The van der Waals surface area contributed by atoms with E-state index in [1.165, 1.54) is 25.2 Å². The number of benzene rings is 3. The molecule has 0 aromatic heterocycles. The molecule has 0 saturated heterocycles. The van der Waals surface area contributed by atoms with Gasteiger partial charge in [-0.3, -0.25) is 4.79 Å². The van der Waals surface area contributed by atoms with Crippen LogP contribution in [0.3, 0.4) is 0 Å². The maximum absolute atomic E-state index is 14.4. The van der Waals surface area contributed by atoms with E-state index in [2.05, 4.69) is 5.32 Å². The Morgan fingerprint density at radius 1 is 1.03 bits per heavy atom. The van der Waals surface area contributed by atoms with E-state index in [0.29, 0.717) is 33.6 Å². The number of halogens is 2. The Morgan fingerprint density at radius 2 is 1.74 bits per heavy atom. The van der Waals surface area contributed by atoms with Gasteiger partial charge in [0.15, 0.2) is 0 Å². The van der Waals surface area contributed by atoms with Gasteiger partial charge in [-0.2, -0.15) is 0 Å². The third kappa shape index (κ3) is 3.63. The van der Waals surface area contributed by atoms with Gasteiger partial charge in [0.05, 0.1) is 5.56 Å². The number of rotatable bonds is 4. The van der Waals surface area contributed by atoms with Gasteiger partial charge in [0, 0.05) is 12.6 Å². The first kappa shape index (κ1) is 20.5. The van der Waals surface area contributed by atoms with E-state index in [1.54, 1.807) is 37.3 Å². The second-order valence-electron chi connectivity index (χ2n) is 7.37. The van der Waals surface area contributed by atoms with Crippen LogP contribution in [0.15, 0.2) is 54.6 Å². The maximum Gasteiger partial charge on any atom is 0.335 e. The number of fused-ring (bicyclic) bond motifs is 1. The van der Waals surface area contributed by atoms with Crippen molar-refractivity contribution in [1.82, 2.24) is 5.32 Å². The SMILES string of the molecule is CNC(=O)C1c2cc(-c3cc(C(=O)O)cc(F)c3C)ccc2OC1c1ccc(F)cc1. The predicted molar refractivity (Wildman–Crippen MR) is 110 cm³/mol. The summed E-state index contributed by atoms with van der Waals surface area (Å²) in [6.07, 6.45) is -0.658. The van der Waals surface area contributed by atoms with E-state index in [-0.39, 0.29) is 11.5 Å². The van der Waals surface area contributed by atoms with E-state index < -0.39 is 29.6 Å². The van der Waals surface area contributed by atoms with Crippen LogP contribution in [0.5, 0.6) is 5.75 Å². The van der Waals surface area contributed by atoms with Gasteiger partial charge in [0.1, 0.15) is 29.4 Å². The Balaban J connectivity index is 1.83. The van der Waals surface area contributed by atoms with Crippen LogP contribution < -0.4 is 10.1 Å². The highest BCUT2D eigenvalue weighted by molar-refractivity contribution is 5.91. The number of hydrogen-bond donors (Lipinski definition) is 2. The van der Waals surface area contributed by atoms with E-state index in [0.717, 1.165) is 6.07 Å². The Morgan fingerprint density at radius 3 is 2.39 bits per heavy atom. The number of nitrogens with one attached hydrogen (secondary N) is 1. The van der Waals surface area contributed by atoms with Crippen molar-refractivity contribution in [3.8, 4) is 16.9 Å². The average molecular weight is 423 g/mol. The standard InChI is InChI=1S/C24H19F2NO4/c1-12-17(10-15(24(29)30)11-19(12)26)14-5-8-20-18(9-14)21(23(28)27-2)22(31-20)13-3-6-16(25)7-4-13/h3-11,21-22H,1-2H3,(H,27,28)(H,29,30). The molecule has 158 valence electrons. The first-order valence-electron chi connectivity index (χ1n) is 9.61. The molecular formula is C24H19F2NO4. The van der Waals surface area contributed by atoms with Crippen molar-refractivity contribution >= 4 is 11.9 Å². The molecule has 3 aromatic rings. The number of carbonyl (C=O) groups is 2. The zero-order valence-corrected chi connectivity index (χ0v) is 16.8. The summed E-state index contributed by atoms with van der Waals surface area (Å²) >= 11 is 0. The molecule has 0 saturated carbocycles. The molecule has 7 heteroatoms. The van der Waals surface area contributed by atoms with Crippen molar-refractivity contribution in [1.29, 1.82) is 0 Å². The first-order chi connectivity index (χ1) is 14.8. The molecule has 2 N–H and O–H groups in total. The van der Waals surface area contributed by atoms with Gasteiger partial charge in [-0.15, -0.1) is 0 Å². The van der Waals surface area contributed by atoms with Gasteiger partial charge >= 0.3 is 5.97 Å². The van der Waals surface area contributed by atoms with Gasteiger partial charge in [-0.25, -0.2) is 13.6 Å². The molecular weight excluding hydrogens is 404 g/mol. The van der Waals surface area contributed by atoms with E-state index in [4.69, 9.17) is 4.74 Å². The molecule has 2 unspecified atom stereocenters. The van der Waals surface area contributed by atoms with Crippen molar-refractivity contribution in [3.63, 3.8) is 0 Å². The van der Waals surface area contributed by atoms with Crippen LogP contribution in [-0.4, -0.2) is 24.0 Å². The quantitative estimate of drug-likeness (QED) is 0.643. The van der Waals surface area contributed by atoms with Crippen molar-refractivity contribution in [2.75, 3.05) is 7.05 Å². The van der Waals surface area contributed by atoms with Crippen LogP contribution in [-0.2, 0) is 4.79 Å². The van der Waals surface area contributed by atoms with Crippen LogP contribution in [0.4, 0.5) is 8.78 Å². The molecule has 3 aromatic carbocycles. The molecule has 1 aliphatic heterocycles. The summed E-state index contributed by atoms with van der Waals surface area (Å²) in [7, 11) is 1.52. The van der Waals surface area contributed by atoms with Crippen LogP contribution in [0.2, 0.25) is 0 Å². The average Bonchev–Trinajstić information content (AvgIpc) is 3.14. The number of carboxylic acids is 1. The van der Waals surface area contributed by atoms with Gasteiger partial charge in [0.25, 0.3) is 0 Å². The molecule has 0 radical (unpaired) electrons. The summed E-state index contributed by atoms with van der Waals surface area (Å²) in [5.74, 6) is -2.76. The smallest absolute Gasteiger partial charge is 0.335 e. The highest BCUT2D eigenvalue weighted by Gasteiger charge is 2.40. The Kier molecular flexibility index (Phi) is 5.19. The van der Waals surface area contributed by atoms with E-state index >= 15 is 0 Å². The molecule has 0 spiro atoms. The van der Waals surface area contributed by atoms with Gasteiger partial charge in [0.2, 0.25) is 5.91 Å². The number of ether oxygens (including phenoxy) is 1. The topological polar surface area (TPSA) is 75.6 Å². The summed E-state index contributed by atoms with van der Waals surface area (Å²) in [6, 6.07) is 13.2. The van der Waals surface area contributed by atoms with Gasteiger partial charge in [-0.1, -0.05) is 18.2 Å². The zero-order valence-electron chi connectivity index (χ0n) is 16.8. The highest BCUT2D eigenvalue weighted by Crippen LogP contribution is 2.47. The molecule has 0 fully saturated rings. The summed E-state index contributed by atoms with van der Waals surface area (Å²) in [4.78, 5) is 24.1. The Bertz CT molecular complexity index is 1190. The van der Waals surface area contributed by atoms with Gasteiger partial charge < -0.3 is 15.2 Å². The Hall–Kier alpha value is -3.74. The maximum atomic E-state index is 14.4. The minimum atomic E-state index is -1.23. The Labute approximate surface area is 177 Å². The molecule has 4 rings (SSSR count). The summed E-state index contributed by atoms with van der Waals surface area (Å²) in [5, 5.41) is 11.9. The zero-order chi connectivity index (χ0) is 22.3. The number of amides is 1. The third-order valence-electron chi connectivity index (χ3n) is 5.53. The minimum absolute atomic E-state index is 0.165. The largest absolute Gasteiger partial charge is 0.484 e. The molecule has 31 heavy (non-hydrogen) atoms. The molecule has 5 nitrogen and oxygen atoms in total. The summed E-state index contributed by atoms with van der Waals surface area (Å²) in [5.41, 5.74) is 2.35. The van der Waals surface area contributed by atoms with Crippen LogP contribution in [0.25, 0.3) is 11.1 Å². The molecule has 0 bridgehead atoms. The molecule has 1 heterocycles. The number of likely N-dealkylation sites (N-methyl/N-ethyl adjacent to an activating group) is 1. The summed E-state index contributed by atoms with van der Waals surface area (Å²) < 4.78 is 33.7. The highest BCUT2D eigenvalue weighted by atomic mass is 19.1. The molecule has 1 aliphatic rings. The van der Waals surface area contributed by atoms with E-state index in [9.17, 15) is 23.5 Å². The lowest BCUT2D eigenvalue weighted by Gasteiger charge is -2.18. The number of aromatic carboxylic acids is 1. The third-order valence-corrected chi connectivity index (χ3v) is 5.53. The second-order valence-corrected chi connectivity index (χ2v) is 7.37. The molecule has 1 amide bonds. The second kappa shape index (κ2) is 7.83. The van der Waals surface area contributed by atoms with Crippen molar-refractivity contribution < 1.29 is 28.2 Å². The fraction of sp³-hybridized carbons (Fsp3) is 0.167. The normalized spacial score (nSPS) is 17.0. The molecule has 0 aliphatic carbocycles. The predicted octanol–water partition coefficient (Wildman–Crippen LogP) is 4.60. The first-order valence-corrected chi connectivity index (χ1v) is 9.61. The lowest BCUT2D eigenvalue weighted by molar-refractivity contribution is -0.123. The van der Waals surface area contributed by atoms with Crippen LogP contribution in [0, 0.1) is 18.6 Å². The van der Waals surface area contributed by atoms with Crippen molar-refractivity contribution in [2.45, 2.75) is 18.9 Å². The van der Waals surface area contributed by atoms with E-state index in [1.807, 2.05) is 0 Å². The molecule has 2 atom stereocenters. The fourth-order valence-electron chi connectivity index (χ4n) is 3.88. The van der Waals surface area contributed by atoms with Crippen molar-refractivity contribution in [2.24, 2.45) is 0 Å². The number of carboxylic acid groups (broad SMARTS) is 1. The number of hydrogen-bond acceptors (Lipinski definition) is 3. The van der Waals surface area contributed by atoms with Crippen LogP contribution >= 0.6 is 0 Å². The van der Waals surface area contributed by atoms with Crippen LogP contribution in [0.1, 0.15) is 39.1 Å². The van der Waals surface area contributed by atoms with Crippen molar-refractivity contribution in [3.05, 3.63) is 88.5 Å². The lowest BCUT2D eigenvalue weighted by Crippen LogP contribution is -2.28. The number of carbonyl (C=O) groups excluding carboxylic acids is 1. The summed E-state index contributed by atoms with van der Waals surface area (Å²) in [6.45, 7) is 1.57. The van der Waals surface area contributed by atoms with Gasteiger partial charge in [-0.05, 0) is 65.6 Å².